The van der Waals surface area contributed by atoms with Crippen molar-refractivity contribution in [3.63, 3.8) is 0 Å². The predicted octanol–water partition coefficient (Wildman–Crippen LogP) is 8.42. The van der Waals surface area contributed by atoms with E-state index >= 15 is 0 Å². The number of hydrogen-bond donors (Lipinski definition) is 2. The van der Waals surface area contributed by atoms with Gasteiger partial charge in [0.25, 0.3) is 0 Å². The summed E-state index contributed by atoms with van der Waals surface area (Å²) < 4.78 is 27.9. The first-order valence-electron chi connectivity index (χ1n) is 16.5. The molecule has 0 radical (unpaired) electrons. The number of ether oxygens (including phenoxy) is 5. The molecule has 2 amide bonds. The van der Waals surface area contributed by atoms with Crippen molar-refractivity contribution in [2.24, 2.45) is 0 Å². The number of benzene rings is 5. The Morgan fingerprint density at radius 2 is 1.08 bits per heavy atom. The highest BCUT2D eigenvalue weighted by Crippen LogP contribution is 2.33. The first-order chi connectivity index (χ1) is 24.5. The molecule has 5 aromatic carbocycles. The summed E-state index contributed by atoms with van der Waals surface area (Å²) >= 11 is 0. The van der Waals surface area contributed by atoms with Gasteiger partial charge in [0, 0.05) is 6.54 Å². The maximum Gasteiger partial charge on any atom is 0.407 e. The Kier molecular flexibility index (Phi) is 13.1. The van der Waals surface area contributed by atoms with E-state index in [-0.39, 0.29) is 19.8 Å². The molecule has 1 atom stereocenters. The minimum Gasteiger partial charge on any atom is -0.497 e. The SMILES string of the molecule is COc1ccc(-c2cc(OC[C@H](CCCNC(=O)OCc3ccccc3)NC(=O)OCc3ccccc3)cc(-c3ccc(OC)cc3)c2)cc1. The molecular formula is C41H42N2O7. The molecule has 258 valence electrons. The van der Waals surface area contributed by atoms with Gasteiger partial charge in [0.05, 0.1) is 20.3 Å². The normalized spacial score (nSPS) is 11.2. The molecule has 9 heteroatoms. The van der Waals surface area contributed by atoms with Gasteiger partial charge < -0.3 is 34.3 Å². The molecule has 0 saturated heterocycles. The number of methoxy groups -OCH3 is 2. The van der Waals surface area contributed by atoms with E-state index < -0.39 is 18.2 Å². The van der Waals surface area contributed by atoms with Gasteiger partial charge in [-0.05, 0) is 88.7 Å². The molecule has 2 N–H and O–H groups in total. The summed E-state index contributed by atoms with van der Waals surface area (Å²) in [5.41, 5.74) is 5.70. The van der Waals surface area contributed by atoms with E-state index in [1.807, 2.05) is 121 Å². The number of nitrogens with one attached hydrogen (secondary N) is 2. The lowest BCUT2D eigenvalue weighted by Crippen LogP contribution is -2.40. The monoisotopic (exact) mass is 674 g/mol. The van der Waals surface area contributed by atoms with Gasteiger partial charge in [0.2, 0.25) is 0 Å². The second-order valence-electron chi connectivity index (χ2n) is 11.5. The molecule has 0 heterocycles. The topological polar surface area (TPSA) is 104 Å². The first kappa shape index (κ1) is 35.3. The van der Waals surface area contributed by atoms with E-state index in [1.54, 1.807) is 14.2 Å². The molecule has 0 spiro atoms. The Morgan fingerprint density at radius 1 is 0.580 bits per heavy atom. The number of amides is 2. The maximum absolute atomic E-state index is 12.9. The van der Waals surface area contributed by atoms with Gasteiger partial charge in [0.15, 0.2) is 0 Å². The van der Waals surface area contributed by atoms with Crippen LogP contribution in [0, 0.1) is 0 Å². The second kappa shape index (κ2) is 18.5. The highest BCUT2D eigenvalue weighted by molar-refractivity contribution is 5.76. The fourth-order valence-electron chi connectivity index (χ4n) is 5.22. The molecule has 0 aliphatic heterocycles. The third kappa shape index (κ3) is 11.1. The molecule has 0 aliphatic carbocycles. The summed E-state index contributed by atoms with van der Waals surface area (Å²) in [4.78, 5) is 25.2. The van der Waals surface area contributed by atoms with Gasteiger partial charge in [-0.1, -0.05) is 84.9 Å². The lowest BCUT2D eigenvalue weighted by Gasteiger charge is -2.20. The zero-order chi connectivity index (χ0) is 35.0. The number of carbonyl (C=O) groups is 2. The summed E-state index contributed by atoms with van der Waals surface area (Å²) in [5.74, 6) is 2.17. The van der Waals surface area contributed by atoms with Crippen molar-refractivity contribution in [2.45, 2.75) is 32.1 Å². The third-order valence-electron chi connectivity index (χ3n) is 7.95. The van der Waals surface area contributed by atoms with E-state index in [1.165, 1.54) is 0 Å². The van der Waals surface area contributed by atoms with Crippen LogP contribution in [0.3, 0.4) is 0 Å². The zero-order valence-corrected chi connectivity index (χ0v) is 28.3. The highest BCUT2D eigenvalue weighted by atomic mass is 16.6. The molecule has 9 nitrogen and oxygen atoms in total. The molecule has 0 unspecified atom stereocenters. The van der Waals surface area contributed by atoms with Crippen molar-refractivity contribution >= 4 is 12.2 Å². The van der Waals surface area contributed by atoms with E-state index in [0.29, 0.717) is 25.1 Å². The number of alkyl carbamates (subject to hydrolysis) is 2. The van der Waals surface area contributed by atoms with Crippen molar-refractivity contribution in [1.82, 2.24) is 10.6 Å². The van der Waals surface area contributed by atoms with Crippen LogP contribution in [-0.4, -0.2) is 45.6 Å². The van der Waals surface area contributed by atoms with Gasteiger partial charge >= 0.3 is 12.2 Å². The van der Waals surface area contributed by atoms with Gasteiger partial charge in [-0.3, -0.25) is 0 Å². The molecule has 5 rings (SSSR count). The summed E-state index contributed by atoms with van der Waals surface area (Å²) in [7, 11) is 3.28. The smallest absolute Gasteiger partial charge is 0.407 e. The molecular weight excluding hydrogens is 632 g/mol. The van der Waals surface area contributed by atoms with Gasteiger partial charge in [0.1, 0.15) is 37.1 Å². The van der Waals surface area contributed by atoms with Gasteiger partial charge in [-0.2, -0.15) is 0 Å². The van der Waals surface area contributed by atoms with Crippen molar-refractivity contribution in [2.75, 3.05) is 27.4 Å². The average molecular weight is 675 g/mol. The molecule has 0 aromatic heterocycles. The van der Waals surface area contributed by atoms with E-state index in [2.05, 4.69) is 16.7 Å². The fraction of sp³-hybridized carbons (Fsp3) is 0.220. The molecule has 5 aromatic rings. The summed E-state index contributed by atoms with van der Waals surface area (Å²) in [5, 5.41) is 5.74. The molecule has 0 bridgehead atoms. The van der Waals surface area contributed by atoms with Crippen LogP contribution in [-0.2, 0) is 22.7 Å². The van der Waals surface area contributed by atoms with Gasteiger partial charge in [-0.25, -0.2) is 9.59 Å². The van der Waals surface area contributed by atoms with Crippen molar-refractivity contribution in [3.8, 4) is 39.5 Å². The molecule has 0 aliphatic rings. The molecule has 0 fully saturated rings. The summed E-state index contributed by atoms with van der Waals surface area (Å²) in [6, 6.07) is 40.3. The number of hydrogen-bond acceptors (Lipinski definition) is 7. The Bertz CT molecular complexity index is 1710. The van der Waals surface area contributed by atoms with Crippen LogP contribution < -0.4 is 24.8 Å². The lowest BCUT2D eigenvalue weighted by atomic mass is 9.98. The molecule has 50 heavy (non-hydrogen) atoms. The third-order valence-corrected chi connectivity index (χ3v) is 7.95. The average Bonchev–Trinajstić information content (AvgIpc) is 3.17. The Hall–Kier alpha value is -5.96. The first-order valence-corrected chi connectivity index (χ1v) is 16.5. The van der Waals surface area contributed by atoms with E-state index in [0.717, 1.165) is 44.9 Å². The number of rotatable bonds is 16. The van der Waals surface area contributed by atoms with Crippen molar-refractivity contribution in [3.05, 3.63) is 139 Å². The summed E-state index contributed by atoms with van der Waals surface area (Å²) in [6.45, 7) is 0.864. The standard InChI is InChI=1S/C41H42N2O7/c1-46-37-19-15-32(16-20-37)34-24-35(33-17-21-38(47-2)22-18-33)26-39(25-34)48-29-36(43-41(45)50-28-31-12-7-4-8-13-31)14-9-23-42-40(44)49-27-30-10-5-3-6-11-30/h3-8,10-13,15-22,24-26,36H,9,14,23,27-29H2,1-2H3,(H,42,44)(H,43,45)/t36-/m0/s1. The quantitative estimate of drug-likeness (QED) is 0.101. The Labute approximate surface area is 293 Å². The van der Waals surface area contributed by atoms with Crippen LogP contribution in [0.4, 0.5) is 9.59 Å². The predicted molar refractivity (Wildman–Crippen MR) is 193 cm³/mol. The van der Waals surface area contributed by atoms with Crippen LogP contribution in [0.5, 0.6) is 17.2 Å². The Morgan fingerprint density at radius 3 is 1.58 bits per heavy atom. The lowest BCUT2D eigenvalue weighted by molar-refractivity contribution is 0.128. The minimum atomic E-state index is -0.552. The largest absolute Gasteiger partial charge is 0.497 e. The van der Waals surface area contributed by atoms with E-state index in [9.17, 15) is 9.59 Å². The van der Waals surface area contributed by atoms with E-state index in [4.69, 9.17) is 23.7 Å². The van der Waals surface area contributed by atoms with Crippen LogP contribution >= 0.6 is 0 Å². The van der Waals surface area contributed by atoms with Crippen LogP contribution in [0.2, 0.25) is 0 Å². The zero-order valence-electron chi connectivity index (χ0n) is 28.3. The molecule has 0 saturated carbocycles. The fourth-order valence-corrected chi connectivity index (χ4v) is 5.22. The van der Waals surface area contributed by atoms with Crippen LogP contribution in [0.1, 0.15) is 24.0 Å². The van der Waals surface area contributed by atoms with Crippen LogP contribution in [0.25, 0.3) is 22.3 Å². The van der Waals surface area contributed by atoms with Crippen LogP contribution in [0.15, 0.2) is 127 Å². The Balaban J connectivity index is 1.27. The number of carbonyl (C=O) groups excluding carboxylic acids is 2. The van der Waals surface area contributed by atoms with Crippen molar-refractivity contribution in [1.29, 1.82) is 0 Å². The van der Waals surface area contributed by atoms with Crippen molar-refractivity contribution < 1.29 is 33.3 Å². The second-order valence-corrected chi connectivity index (χ2v) is 11.5. The highest BCUT2D eigenvalue weighted by Gasteiger charge is 2.16. The van der Waals surface area contributed by atoms with Gasteiger partial charge in [-0.15, -0.1) is 0 Å². The minimum absolute atomic E-state index is 0.143. The summed E-state index contributed by atoms with van der Waals surface area (Å²) in [6.07, 6.45) is 0.0288. The maximum atomic E-state index is 12.9.